The van der Waals surface area contributed by atoms with Gasteiger partial charge < -0.3 is 9.84 Å². The van der Waals surface area contributed by atoms with Crippen LogP contribution in [0.15, 0.2) is 0 Å². The number of aliphatic hydroxyl groups excluding tert-OH is 1. The Morgan fingerprint density at radius 2 is 2.44 bits per heavy atom. The van der Waals surface area contributed by atoms with Crippen molar-refractivity contribution in [2.24, 2.45) is 11.8 Å². The molecule has 52 valence electrons. The molecule has 0 amide bonds. The van der Waals surface area contributed by atoms with Crippen molar-refractivity contribution >= 4 is 0 Å². The van der Waals surface area contributed by atoms with E-state index in [1.54, 1.807) is 0 Å². The van der Waals surface area contributed by atoms with Crippen LogP contribution in [0.25, 0.3) is 0 Å². The molecule has 0 radical (unpaired) electrons. The van der Waals surface area contributed by atoms with Crippen molar-refractivity contribution in [3.05, 3.63) is 0 Å². The Balaban J connectivity index is 2.02. The maximum atomic E-state index is 8.85. The lowest BCUT2D eigenvalue weighted by atomic mass is 9.98. The van der Waals surface area contributed by atoms with Gasteiger partial charge in [-0.05, 0) is 12.3 Å². The van der Waals surface area contributed by atoms with Crippen LogP contribution in [-0.2, 0) is 4.74 Å². The van der Waals surface area contributed by atoms with Gasteiger partial charge in [0.25, 0.3) is 0 Å². The molecular formula is C7H12O2. The smallest absolute Gasteiger partial charge is 0.0894 e. The second kappa shape index (κ2) is 1.70. The summed E-state index contributed by atoms with van der Waals surface area (Å²) in [5.74, 6) is 1.12. The van der Waals surface area contributed by atoms with Gasteiger partial charge in [0, 0.05) is 12.5 Å². The number of epoxide rings is 1. The Labute approximate surface area is 54.8 Å². The summed E-state index contributed by atoms with van der Waals surface area (Å²) >= 11 is 0. The largest absolute Gasteiger partial charge is 0.396 e. The summed E-state index contributed by atoms with van der Waals surface area (Å²) in [6, 6.07) is 0. The molecule has 2 fully saturated rings. The molecule has 4 atom stereocenters. The highest BCUT2D eigenvalue weighted by Crippen LogP contribution is 2.46. The Hall–Kier alpha value is -0.0800. The number of ether oxygens (including phenoxy) is 1. The Morgan fingerprint density at radius 1 is 1.67 bits per heavy atom. The maximum Gasteiger partial charge on any atom is 0.0894 e. The van der Waals surface area contributed by atoms with Crippen LogP contribution in [0.5, 0.6) is 0 Å². The summed E-state index contributed by atoms with van der Waals surface area (Å²) in [5.41, 5.74) is 0. The zero-order chi connectivity index (χ0) is 6.43. The quantitative estimate of drug-likeness (QED) is 0.518. The molecule has 2 nitrogen and oxygen atoms in total. The second-order valence-corrected chi connectivity index (χ2v) is 3.20. The third kappa shape index (κ3) is 0.700. The van der Waals surface area contributed by atoms with Gasteiger partial charge in [0.1, 0.15) is 0 Å². The first-order valence-electron chi connectivity index (χ1n) is 3.59. The topological polar surface area (TPSA) is 32.8 Å². The summed E-state index contributed by atoms with van der Waals surface area (Å²) in [6.45, 7) is 2.50. The number of aliphatic hydroxyl groups is 1. The van der Waals surface area contributed by atoms with Gasteiger partial charge in [-0.1, -0.05) is 6.92 Å². The number of rotatable bonds is 1. The fourth-order valence-electron chi connectivity index (χ4n) is 1.87. The predicted molar refractivity (Wildman–Crippen MR) is 33.0 cm³/mol. The Bertz CT molecular complexity index is 122. The summed E-state index contributed by atoms with van der Waals surface area (Å²) in [6.07, 6.45) is 2.10. The fourth-order valence-corrected chi connectivity index (χ4v) is 1.87. The molecule has 9 heavy (non-hydrogen) atoms. The molecule has 1 aliphatic heterocycles. The maximum absolute atomic E-state index is 8.85. The van der Waals surface area contributed by atoms with Crippen molar-refractivity contribution in [3.8, 4) is 0 Å². The van der Waals surface area contributed by atoms with Crippen molar-refractivity contribution in [2.45, 2.75) is 25.6 Å². The number of fused-ring (bicyclic) bond motifs is 1. The molecule has 2 aliphatic rings. The Morgan fingerprint density at radius 3 is 2.78 bits per heavy atom. The normalized spacial score (nSPS) is 55.3. The third-order valence-electron chi connectivity index (χ3n) is 2.59. The lowest BCUT2D eigenvalue weighted by molar-refractivity contribution is 0.136. The minimum absolute atomic E-state index is 0.308. The van der Waals surface area contributed by atoms with Crippen molar-refractivity contribution in [1.29, 1.82) is 0 Å². The van der Waals surface area contributed by atoms with Gasteiger partial charge in [0.05, 0.1) is 12.2 Å². The van der Waals surface area contributed by atoms with E-state index in [-0.39, 0.29) is 0 Å². The van der Waals surface area contributed by atoms with E-state index >= 15 is 0 Å². The highest BCUT2D eigenvalue weighted by Gasteiger charge is 2.53. The SMILES string of the molecule is C[C@@H]1C[C@@H]2O[C@@H]2[C@H]1CO. The molecule has 0 aromatic heterocycles. The van der Waals surface area contributed by atoms with Gasteiger partial charge in [-0.3, -0.25) is 0 Å². The van der Waals surface area contributed by atoms with E-state index in [9.17, 15) is 0 Å². The monoisotopic (exact) mass is 128 g/mol. The molecule has 1 saturated carbocycles. The summed E-state index contributed by atoms with van der Waals surface area (Å²) in [7, 11) is 0. The Kier molecular flexibility index (Phi) is 1.08. The van der Waals surface area contributed by atoms with E-state index in [2.05, 4.69) is 6.92 Å². The van der Waals surface area contributed by atoms with E-state index in [4.69, 9.17) is 9.84 Å². The number of hydrogen-bond acceptors (Lipinski definition) is 2. The molecule has 1 N–H and O–H groups in total. The predicted octanol–water partition coefficient (Wildman–Crippen LogP) is 0.402. The summed E-state index contributed by atoms with van der Waals surface area (Å²) < 4.78 is 5.27. The molecular weight excluding hydrogens is 116 g/mol. The molecule has 0 spiro atoms. The number of hydrogen-bond donors (Lipinski definition) is 1. The van der Waals surface area contributed by atoms with Crippen LogP contribution in [0.2, 0.25) is 0 Å². The first kappa shape index (κ1) is 5.69. The van der Waals surface area contributed by atoms with Crippen molar-refractivity contribution in [2.75, 3.05) is 6.61 Å². The fraction of sp³-hybridized carbons (Fsp3) is 1.00. The summed E-state index contributed by atoms with van der Waals surface area (Å²) in [4.78, 5) is 0. The van der Waals surface area contributed by atoms with Crippen LogP contribution >= 0.6 is 0 Å². The van der Waals surface area contributed by atoms with Crippen LogP contribution < -0.4 is 0 Å². The zero-order valence-corrected chi connectivity index (χ0v) is 5.58. The standard InChI is InChI=1S/C7H12O2/c1-4-2-6-7(9-6)5(4)3-8/h4-8H,2-3H2,1H3/t4-,5+,6+,7-/m1/s1. The van der Waals surface area contributed by atoms with E-state index in [1.807, 2.05) is 0 Å². The average Bonchev–Trinajstić information content (AvgIpc) is 2.45. The van der Waals surface area contributed by atoms with Crippen LogP contribution in [0.3, 0.4) is 0 Å². The van der Waals surface area contributed by atoms with E-state index < -0.39 is 0 Å². The lowest BCUT2D eigenvalue weighted by Crippen LogP contribution is -2.16. The van der Waals surface area contributed by atoms with Crippen molar-refractivity contribution < 1.29 is 9.84 Å². The molecule has 1 aliphatic carbocycles. The lowest BCUT2D eigenvalue weighted by Gasteiger charge is -2.13. The average molecular weight is 128 g/mol. The highest BCUT2D eigenvalue weighted by atomic mass is 16.6. The van der Waals surface area contributed by atoms with Crippen molar-refractivity contribution in [3.63, 3.8) is 0 Å². The molecule has 0 unspecified atom stereocenters. The van der Waals surface area contributed by atoms with Gasteiger partial charge in [0.15, 0.2) is 0 Å². The van der Waals surface area contributed by atoms with Gasteiger partial charge in [-0.15, -0.1) is 0 Å². The highest BCUT2D eigenvalue weighted by molar-refractivity contribution is 5.00. The van der Waals surface area contributed by atoms with Gasteiger partial charge in [-0.2, -0.15) is 0 Å². The van der Waals surface area contributed by atoms with Gasteiger partial charge >= 0.3 is 0 Å². The minimum atomic E-state index is 0.308. The minimum Gasteiger partial charge on any atom is -0.396 e. The molecule has 0 aromatic carbocycles. The molecule has 2 rings (SSSR count). The van der Waals surface area contributed by atoms with Gasteiger partial charge in [-0.25, -0.2) is 0 Å². The van der Waals surface area contributed by atoms with Gasteiger partial charge in [0.2, 0.25) is 0 Å². The van der Waals surface area contributed by atoms with Crippen LogP contribution in [0.4, 0.5) is 0 Å². The molecule has 1 heterocycles. The third-order valence-corrected chi connectivity index (χ3v) is 2.59. The van der Waals surface area contributed by atoms with E-state index in [1.165, 1.54) is 0 Å². The summed E-state index contributed by atoms with van der Waals surface area (Å²) in [5, 5.41) is 8.85. The van der Waals surface area contributed by atoms with E-state index in [0.717, 1.165) is 6.42 Å². The molecule has 0 aromatic rings. The molecule has 1 saturated heterocycles. The first-order valence-corrected chi connectivity index (χ1v) is 3.59. The second-order valence-electron chi connectivity index (χ2n) is 3.20. The molecule has 2 heteroatoms. The van der Waals surface area contributed by atoms with Crippen LogP contribution in [0, 0.1) is 11.8 Å². The van der Waals surface area contributed by atoms with Crippen LogP contribution in [-0.4, -0.2) is 23.9 Å². The van der Waals surface area contributed by atoms with E-state index in [0.29, 0.717) is 30.7 Å². The van der Waals surface area contributed by atoms with Crippen LogP contribution in [0.1, 0.15) is 13.3 Å². The first-order chi connectivity index (χ1) is 4.33. The zero-order valence-electron chi connectivity index (χ0n) is 5.58. The molecule has 0 bridgehead atoms. The van der Waals surface area contributed by atoms with Crippen molar-refractivity contribution in [1.82, 2.24) is 0 Å².